The summed E-state index contributed by atoms with van der Waals surface area (Å²) in [5.74, 6) is -0.0812. The van der Waals surface area contributed by atoms with Crippen molar-refractivity contribution in [1.29, 1.82) is 0 Å². The molecule has 36 heavy (non-hydrogen) atoms. The predicted molar refractivity (Wildman–Crippen MR) is 134 cm³/mol. The van der Waals surface area contributed by atoms with E-state index in [2.05, 4.69) is 19.8 Å². The molecule has 3 heterocycles. The Morgan fingerprint density at radius 2 is 1.78 bits per heavy atom. The summed E-state index contributed by atoms with van der Waals surface area (Å²) in [4.78, 5) is 8.99. The Labute approximate surface area is 230 Å². The van der Waals surface area contributed by atoms with Gasteiger partial charge in [0.1, 0.15) is 12.1 Å². The maximum atomic E-state index is 14.6. The predicted octanol–water partition coefficient (Wildman–Crippen LogP) is 2.37. The summed E-state index contributed by atoms with van der Waals surface area (Å²) in [7, 11) is -1.93. The number of sulfonamides is 1. The molecule has 0 bridgehead atoms. The van der Waals surface area contributed by atoms with Gasteiger partial charge in [-0.1, -0.05) is 30.3 Å². The molecule has 5 rings (SSSR count). The summed E-state index contributed by atoms with van der Waals surface area (Å²) in [5, 5.41) is 3.50. The number of rotatable bonds is 6. The van der Waals surface area contributed by atoms with Crippen LogP contribution in [0.1, 0.15) is 13.8 Å². The molecule has 11 heteroatoms. The third kappa shape index (κ3) is 5.08. The number of hydrogen-bond acceptors (Lipinski definition) is 5. The number of aryl methyl sites for hydroxylation is 1. The molecule has 0 aliphatic carbocycles. The molecule has 5 aromatic rings. The number of aromatic nitrogens is 5. The van der Waals surface area contributed by atoms with Crippen LogP contribution in [0.3, 0.4) is 0 Å². The summed E-state index contributed by atoms with van der Waals surface area (Å²) in [6.45, 7) is 3.09. The minimum atomic E-state index is -3.79. The SMILES string of the molecule is CC(C)S(=O)(=O)[N-]c1cc(-c2ccccc2F)cc(-n2cnc3cc(-c4cnn(C)c4)ccc32)n1.[Na+]. The van der Waals surface area contributed by atoms with Crippen molar-refractivity contribution in [2.45, 2.75) is 19.1 Å². The van der Waals surface area contributed by atoms with E-state index in [0.717, 1.165) is 22.2 Å². The van der Waals surface area contributed by atoms with Gasteiger partial charge in [0, 0.05) is 30.2 Å². The Morgan fingerprint density at radius 1 is 1.00 bits per heavy atom. The zero-order valence-electron chi connectivity index (χ0n) is 20.3. The first-order valence-electron chi connectivity index (χ1n) is 10.9. The van der Waals surface area contributed by atoms with Gasteiger partial charge in [-0.2, -0.15) is 5.10 Å². The van der Waals surface area contributed by atoms with E-state index in [-0.39, 0.29) is 35.4 Å². The Balaban J connectivity index is 0.00000304. The van der Waals surface area contributed by atoms with Crippen LogP contribution in [0, 0.1) is 5.82 Å². The molecular formula is C25H22FN6NaO2S. The van der Waals surface area contributed by atoms with Crippen molar-refractivity contribution < 1.29 is 42.4 Å². The van der Waals surface area contributed by atoms with Crippen molar-refractivity contribution in [3.63, 3.8) is 0 Å². The summed E-state index contributed by atoms with van der Waals surface area (Å²) < 4.78 is 47.0. The molecular weight excluding hydrogens is 490 g/mol. The molecule has 0 unspecified atom stereocenters. The third-order valence-electron chi connectivity index (χ3n) is 5.63. The van der Waals surface area contributed by atoms with E-state index >= 15 is 0 Å². The third-order valence-corrected chi connectivity index (χ3v) is 7.26. The van der Waals surface area contributed by atoms with Crippen LogP contribution in [0.2, 0.25) is 0 Å². The second-order valence-corrected chi connectivity index (χ2v) is 10.6. The quantitative estimate of drug-likeness (QED) is 0.326. The van der Waals surface area contributed by atoms with Gasteiger partial charge in [0.15, 0.2) is 10.0 Å². The molecule has 3 aromatic heterocycles. The van der Waals surface area contributed by atoms with E-state index in [4.69, 9.17) is 0 Å². The Bertz CT molecular complexity index is 1660. The van der Waals surface area contributed by atoms with Crippen molar-refractivity contribution in [2.24, 2.45) is 7.05 Å². The van der Waals surface area contributed by atoms with Crippen molar-refractivity contribution >= 4 is 26.9 Å². The van der Waals surface area contributed by atoms with Gasteiger partial charge in [0.05, 0.1) is 22.5 Å². The van der Waals surface area contributed by atoms with Crippen molar-refractivity contribution in [2.75, 3.05) is 0 Å². The van der Waals surface area contributed by atoms with Crippen LogP contribution >= 0.6 is 0 Å². The standard InChI is InChI=1S/C25H22FN6O2S.Na/c1-16(2)35(33,34)30-24-11-18(20-6-4-5-7-21(20)26)12-25(29-24)32-15-27-22-10-17(8-9-23(22)32)19-13-28-31(3)14-19;/h4-16H,1-3H3;/q-1;+1. The number of fused-ring (bicyclic) bond motifs is 1. The van der Waals surface area contributed by atoms with Gasteiger partial charge < -0.3 is 14.3 Å². The maximum absolute atomic E-state index is 14.6. The van der Waals surface area contributed by atoms with E-state index in [1.807, 2.05) is 31.4 Å². The number of benzene rings is 2. The number of nitrogens with zero attached hydrogens (tertiary/aromatic N) is 6. The number of imidazole rings is 1. The smallest absolute Gasteiger partial charge is 0.421 e. The molecule has 0 saturated carbocycles. The summed E-state index contributed by atoms with van der Waals surface area (Å²) in [5.41, 5.74) is 4.18. The molecule has 8 nitrogen and oxygen atoms in total. The number of halogens is 1. The molecule has 0 spiro atoms. The molecule has 0 amide bonds. The average molecular weight is 513 g/mol. The number of hydrogen-bond donors (Lipinski definition) is 0. The van der Waals surface area contributed by atoms with Crippen molar-refractivity contribution in [3.8, 4) is 28.1 Å². The monoisotopic (exact) mass is 512 g/mol. The fourth-order valence-electron chi connectivity index (χ4n) is 3.70. The van der Waals surface area contributed by atoms with Gasteiger partial charge >= 0.3 is 29.6 Å². The van der Waals surface area contributed by atoms with Gasteiger partial charge in [-0.25, -0.2) is 17.8 Å². The van der Waals surface area contributed by atoms with Gasteiger partial charge in [-0.05, 0) is 55.1 Å². The first kappa shape index (κ1) is 26.0. The van der Waals surface area contributed by atoms with Crippen LogP contribution in [0.25, 0.3) is 43.8 Å². The average Bonchev–Trinajstić information content (AvgIpc) is 3.44. The first-order valence-corrected chi connectivity index (χ1v) is 12.4. The van der Waals surface area contributed by atoms with Crippen LogP contribution in [0.4, 0.5) is 10.2 Å². The Hall–Kier alpha value is -3.05. The fraction of sp³-hybridized carbons (Fsp3) is 0.160. The normalized spacial score (nSPS) is 11.6. The first-order chi connectivity index (χ1) is 16.7. The van der Waals surface area contributed by atoms with Crippen molar-refractivity contribution in [3.05, 3.63) is 83.9 Å². The minimum absolute atomic E-state index is 0. The van der Waals surface area contributed by atoms with Crippen LogP contribution < -0.4 is 29.6 Å². The topological polar surface area (TPSA) is 96.8 Å². The molecule has 0 radical (unpaired) electrons. The molecule has 2 aromatic carbocycles. The number of pyridine rings is 1. The molecule has 0 atom stereocenters. The Kier molecular flexibility index (Phi) is 7.33. The molecule has 0 aliphatic heterocycles. The Morgan fingerprint density at radius 3 is 2.47 bits per heavy atom. The largest absolute Gasteiger partial charge is 1.00 e. The van der Waals surface area contributed by atoms with Crippen molar-refractivity contribution in [1.82, 2.24) is 24.3 Å². The van der Waals surface area contributed by atoms with Gasteiger partial charge in [0.25, 0.3) is 0 Å². The molecule has 178 valence electrons. The fourth-order valence-corrected chi connectivity index (χ4v) is 4.27. The van der Waals surface area contributed by atoms with Crippen LogP contribution in [-0.2, 0) is 17.1 Å². The zero-order valence-corrected chi connectivity index (χ0v) is 23.1. The molecule has 0 aliphatic rings. The van der Waals surface area contributed by atoms with E-state index in [1.54, 1.807) is 59.9 Å². The maximum Gasteiger partial charge on any atom is 1.00 e. The van der Waals surface area contributed by atoms with Gasteiger partial charge in [0.2, 0.25) is 0 Å². The van der Waals surface area contributed by atoms with Crippen LogP contribution in [-0.4, -0.2) is 38.0 Å². The van der Waals surface area contributed by atoms with E-state index < -0.39 is 21.1 Å². The summed E-state index contributed by atoms with van der Waals surface area (Å²) >= 11 is 0. The molecule has 0 saturated heterocycles. The van der Waals surface area contributed by atoms with Crippen LogP contribution in [0.5, 0.6) is 0 Å². The zero-order chi connectivity index (χ0) is 24.7. The minimum Gasteiger partial charge on any atom is -0.421 e. The summed E-state index contributed by atoms with van der Waals surface area (Å²) in [6.07, 6.45) is 5.30. The second-order valence-electron chi connectivity index (χ2n) is 8.43. The van der Waals surface area contributed by atoms with E-state index in [0.29, 0.717) is 16.9 Å². The molecule has 0 fully saturated rings. The summed E-state index contributed by atoms with van der Waals surface area (Å²) in [6, 6.07) is 15.3. The van der Waals surface area contributed by atoms with E-state index in [1.165, 1.54) is 12.1 Å². The van der Waals surface area contributed by atoms with Gasteiger partial charge in [-0.3, -0.25) is 4.68 Å². The second kappa shape index (κ2) is 10.1. The van der Waals surface area contributed by atoms with Crippen LogP contribution in [0.15, 0.2) is 73.3 Å². The van der Waals surface area contributed by atoms with Gasteiger partial charge in [-0.15, -0.1) is 0 Å². The molecule has 0 N–H and O–H groups in total. The van der Waals surface area contributed by atoms with E-state index in [9.17, 15) is 12.8 Å².